The maximum absolute atomic E-state index is 13.0. The van der Waals surface area contributed by atoms with Crippen molar-refractivity contribution in [3.8, 4) is 11.5 Å². The van der Waals surface area contributed by atoms with Gasteiger partial charge in [0.2, 0.25) is 0 Å². The number of nitrogens with one attached hydrogen (secondary N) is 1. The van der Waals surface area contributed by atoms with Crippen molar-refractivity contribution < 1.29 is 22.7 Å². The number of anilines is 1. The number of ether oxygens (including phenoxy) is 2. The van der Waals surface area contributed by atoms with E-state index in [0.717, 1.165) is 23.3 Å². The highest BCUT2D eigenvalue weighted by Crippen LogP contribution is 2.26. The molecule has 180 valence electrons. The van der Waals surface area contributed by atoms with Gasteiger partial charge in [-0.2, -0.15) is 0 Å². The third kappa shape index (κ3) is 5.34. The number of hydrogen-bond acceptors (Lipinski definition) is 5. The van der Waals surface area contributed by atoms with E-state index in [4.69, 9.17) is 9.47 Å². The Balaban J connectivity index is 1.74. The van der Waals surface area contributed by atoms with E-state index >= 15 is 0 Å². The van der Waals surface area contributed by atoms with E-state index in [-0.39, 0.29) is 16.8 Å². The van der Waals surface area contributed by atoms with Crippen molar-refractivity contribution >= 4 is 21.6 Å². The van der Waals surface area contributed by atoms with Crippen LogP contribution in [-0.2, 0) is 10.0 Å². The summed E-state index contributed by atoms with van der Waals surface area (Å²) in [7, 11) is 0.879. The summed E-state index contributed by atoms with van der Waals surface area (Å²) >= 11 is 0. The van der Waals surface area contributed by atoms with E-state index in [1.165, 1.54) is 30.6 Å². The summed E-state index contributed by atoms with van der Waals surface area (Å²) in [6, 6.07) is 18.4. The van der Waals surface area contributed by atoms with Gasteiger partial charge < -0.3 is 14.8 Å². The average molecular weight is 483 g/mol. The first-order valence-electron chi connectivity index (χ1n) is 10.9. The minimum Gasteiger partial charge on any atom is -0.497 e. The average Bonchev–Trinajstić information content (AvgIpc) is 2.86. The Labute approximate surface area is 201 Å². The Morgan fingerprint density at radius 2 is 1.62 bits per heavy atom. The molecule has 0 aliphatic heterocycles. The molecule has 8 heteroatoms. The van der Waals surface area contributed by atoms with Crippen LogP contribution in [-0.4, -0.2) is 35.6 Å². The van der Waals surface area contributed by atoms with Crippen LogP contribution < -0.4 is 19.1 Å². The van der Waals surface area contributed by atoms with Crippen LogP contribution in [0.4, 0.5) is 5.69 Å². The molecule has 34 heavy (non-hydrogen) atoms. The van der Waals surface area contributed by atoms with Crippen molar-refractivity contribution in [2.45, 2.75) is 31.2 Å². The fourth-order valence-electron chi connectivity index (χ4n) is 3.65. The standard InChI is InChI=1S/C26H30N2O5S/c1-6-24(20-9-16-25(33-5)18(2)17-20)27-26(29)19-7-10-21(11-8-19)28(3)34(30,31)23-14-12-22(32-4)13-15-23/h7-17,24H,6H2,1-5H3,(H,27,29). The van der Waals surface area contributed by atoms with Crippen LogP contribution in [0.1, 0.15) is 40.9 Å². The lowest BCUT2D eigenvalue weighted by Crippen LogP contribution is -2.29. The highest BCUT2D eigenvalue weighted by Gasteiger charge is 2.22. The molecule has 3 aromatic rings. The van der Waals surface area contributed by atoms with Crippen molar-refractivity contribution in [1.82, 2.24) is 5.32 Å². The van der Waals surface area contributed by atoms with Gasteiger partial charge in [0.25, 0.3) is 15.9 Å². The fraction of sp³-hybridized carbons (Fsp3) is 0.269. The monoisotopic (exact) mass is 482 g/mol. The minimum absolute atomic E-state index is 0.151. The molecule has 3 rings (SSSR count). The first-order chi connectivity index (χ1) is 16.2. The normalized spacial score (nSPS) is 12.0. The molecule has 0 aromatic heterocycles. The van der Waals surface area contributed by atoms with Gasteiger partial charge in [0.15, 0.2) is 0 Å². The van der Waals surface area contributed by atoms with Crippen LogP contribution in [0.5, 0.6) is 11.5 Å². The van der Waals surface area contributed by atoms with Crippen LogP contribution in [0.15, 0.2) is 71.6 Å². The fourth-order valence-corrected chi connectivity index (χ4v) is 4.84. The Kier molecular flexibility index (Phi) is 7.83. The lowest BCUT2D eigenvalue weighted by molar-refractivity contribution is 0.0935. The third-order valence-corrected chi connectivity index (χ3v) is 7.55. The van der Waals surface area contributed by atoms with Crippen molar-refractivity contribution in [2.75, 3.05) is 25.6 Å². The zero-order valence-electron chi connectivity index (χ0n) is 20.0. The van der Waals surface area contributed by atoms with Crippen LogP contribution >= 0.6 is 0 Å². The van der Waals surface area contributed by atoms with Crippen LogP contribution in [0, 0.1) is 6.92 Å². The quantitative estimate of drug-likeness (QED) is 0.477. The molecule has 1 N–H and O–H groups in total. The molecule has 1 unspecified atom stereocenters. The van der Waals surface area contributed by atoms with E-state index in [2.05, 4.69) is 5.32 Å². The number of carbonyl (C=O) groups excluding carboxylic acids is 1. The van der Waals surface area contributed by atoms with Gasteiger partial charge in [0, 0.05) is 12.6 Å². The highest BCUT2D eigenvalue weighted by atomic mass is 32.2. The molecule has 0 aliphatic rings. The van der Waals surface area contributed by atoms with Gasteiger partial charge in [0.1, 0.15) is 11.5 Å². The summed E-state index contributed by atoms with van der Waals surface area (Å²) in [4.78, 5) is 13.0. The van der Waals surface area contributed by atoms with Crippen molar-refractivity contribution in [1.29, 1.82) is 0 Å². The maximum atomic E-state index is 13.0. The Bertz CT molecular complexity index is 1240. The summed E-state index contributed by atoms with van der Waals surface area (Å²) in [5.74, 6) is 1.15. The molecule has 3 aromatic carbocycles. The Morgan fingerprint density at radius 1 is 0.971 bits per heavy atom. The molecule has 0 spiro atoms. The molecule has 0 saturated carbocycles. The lowest BCUT2D eigenvalue weighted by atomic mass is 10.0. The van der Waals surface area contributed by atoms with Crippen LogP contribution in [0.3, 0.4) is 0 Å². The number of nitrogens with zero attached hydrogens (tertiary/aromatic N) is 1. The van der Waals surface area contributed by atoms with Crippen molar-refractivity contribution in [3.05, 3.63) is 83.4 Å². The molecule has 0 saturated heterocycles. The number of carbonyl (C=O) groups is 1. The number of hydrogen-bond donors (Lipinski definition) is 1. The van der Waals surface area contributed by atoms with Gasteiger partial charge in [-0.1, -0.05) is 19.1 Å². The Morgan fingerprint density at radius 3 is 2.15 bits per heavy atom. The molecular formula is C26H30N2O5S. The predicted molar refractivity (Wildman–Crippen MR) is 133 cm³/mol. The summed E-state index contributed by atoms with van der Waals surface area (Å²) < 4.78 is 37.5. The largest absolute Gasteiger partial charge is 0.497 e. The summed E-state index contributed by atoms with van der Waals surface area (Å²) in [6.45, 7) is 3.97. The lowest BCUT2D eigenvalue weighted by Gasteiger charge is -2.21. The second-order valence-corrected chi connectivity index (χ2v) is 9.83. The van der Waals surface area contributed by atoms with E-state index in [1.807, 2.05) is 32.0 Å². The van der Waals surface area contributed by atoms with Gasteiger partial charge in [-0.25, -0.2) is 8.42 Å². The van der Waals surface area contributed by atoms with E-state index in [0.29, 0.717) is 17.0 Å². The van der Waals surface area contributed by atoms with Gasteiger partial charge in [0.05, 0.1) is 30.8 Å². The van der Waals surface area contributed by atoms with Crippen LogP contribution in [0.25, 0.3) is 0 Å². The zero-order chi connectivity index (χ0) is 24.9. The summed E-state index contributed by atoms with van der Waals surface area (Å²) in [5, 5.41) is 3.06. The molecular weight excluding hydrogens is 452 g/mol. The van der Waals surface area contributed by atoms with E-state index in [1.54, 1.807) is 43.5 Å². The number of rotatable bonds is 9. The molecule has 0 heterocycles. The van der Waals surface area contributed by atoms with Gasteiger partial charge in [-0.05, 0) is 79.1 Å². The van der Waals surface area contributed by atoms with Crippen molar-refractivity contribution in [2.24, 2.45) is 0 Å². The third-order valence-electron chi connectivity index (χ3n) is 5.75. The number of methoxy groups -OCH3 is 2. The van der Waals surface area contributed by atoms with Gasteiger partial charge in [-0.15, -0.1) is 0 Å². The van der Waals surface area contributed by atoms with E-state index in [9.17, 15) is 13.2 Å². The van der Waals surface area contributed by atoms with Crippen molar-refractivity contribution in [3.63, 3.8) is 0 Å². The molecule has 0 aliphatic carbocycles. The molecule has 0 bridgehead atoms. The molecule has 0 radical (unpaired) electrons. The first-order valence-corrected chi connectivity index (χ1v) is 12.3. The molecule has 7 nitrogen and oxygen atoms in total. The molecule has 1 amide bonds. The van der Waals surface area contributed by atoms with Gasteiger partial charge >= 0.3 is 0 Å². The SMILES string of the molecule is CCC(NC(=O)c1ccc(N(C)S(=O)(=O)c2ccc(OC)cc2)cc1)c1ccc(OC)c(C)c1. The first kappa shape index (κ1) is 25.1. The minimum atomic E-state index is -3.75. The number of benzene rings is 3. The Hall–Kier alpha value is -3.52. The number of aryl methyl sites for hydroxylation is 1. The highest BCUT2D eigenvalue weighted by molar-refractivity contribution is 7.92. The number of amides is 1. The maximum Gasteiger partial charge on any atom is 0.264 e. The number of sulfonamides is 1. The van der Waals surface area contributed by atoms with Gasteiger partial charge in [-0.3, -0.25) is 9.10 Å². The second-order valence-electron chi connectivity index (χ2n) is 7.86. The second kappa shape index (κ2) is 10.6. The zero-order valence-corrected chi connectivity index (χ0v) is 20.8. The molecule has 1 atom stereocenters. The van der Waals surface area contributed by atoms with Crippen LogP contribution in [0.2, 0.25) is 0 Å². The summed E-state index contributed by atoms with van der Waals surface area (Å²) in [6.07, 6.45) is 0.721. The molecule has 0 fully saturated rings. The smallest absolute Gasteiger partial charge is 0.264 e. The van der Waals surface area contributed by atoms with E-state index < -0.39 is 10.0 Å². The predicted octanol–water partition coefficient (Wildman–Crippen LogP) is 4.72. The topological polar surface area (TPSA) is 84.9 Å². The summed E-state index contributed by atoms with van der Waals surface area (Å²) in [5.41, 5.74) is 2.89.